The number of aromatic nitrogens is 4. The molecule has 0 bridgehead atoms. The number of rotatable bonds is 9. The summed E-state index contributed by atoms with van der Waals surface area (Å²) in [7, 11) is 0. The lowest BCUT2D eigenvalue weighted by molar-refractivity contribution is 0.979. The number of hydrogen-bond acceptors (Lipinski definition) is 3. The van der Waals surface area contributed by atoms with Crippen LogP contribution in [0.5, 0.6) is 0 Å². The van der Waals surface area contributed by atoms with Gasteiger partial charge >= 0.3 is 0 Å². The monoisotopic (exact) mass is 854 g/mol. The van der Waals surface area contributed by atoms with Crippen LogP contribution in [0, 0.1) is 0 Å². The van der Waals surface area contributed by atoms with Gasteiger partial charge in [0.05, 0.1) is 22.6 Å². The summed E-state index contributed by atoms with van der Waals surface area (Å²) in [4.78, 5) is 10.6. The van der Waals surface area contributed by atoms with Gasteiger partial charge in [-0.1, -0.05) is 212 Å². The van der Waals surface area contributed by atoms with E-state index >= 15 is 0 Å². The van der Waals surface area contributed by atoms with E-state index in [1.54, 1.807) is 0 Å². The van der Waals surface area contributed by atoms with E-state index in [2.05, 4.69) is 241 Å². The summed E-state index contributed by atoms with van der Waals surface area (Å²) in [5, 5.41) is 7.72. The molecule has 0 saturated heterocycles. The van der Waals surface area contributed by atoms with Gasteiger partial charge in [-0.25, -0.2) is 14.5 Å². The summed E-state index contributed by atoms with van der Waals surface area (Å²) in [6, 6.07) is 90.0. The first-order valence-electron chi connectivity index (χ1n) is 22.7. The summed E-state index contributed by atoms with van der Waals surface area (Å²) < 4.78 is 2.16. The molecule has 3 heterocycles. The largest absolute Gasteiger partial charge is 0.231 e. The van der Waals surface area contributed by atoms with Crippen molar-refractivity contribution < 1.29 is 0 Å². The van der Waals surface area contributed by atoms with Crippen molar-refractivity contribution >= 4 is 16.3 Å². The molecule has 0 amide bonds. The van der Waals surface area contributed by atoms with Gasteiger partial charge in [-0.2, -0.15) is 5.10 Å². The average Bonchev–Trinajstić information content (AvgIpc) is 3.83. The highest BCUT2D eigenvalue weighted by molar-refractivity contribution is 6.09. The van der Waals surface area contributed by atoms with Gasteiger partial charge in [0.2, 0.25) is 0 Å². The molecule has 0 aliphatic rings. The van der Waals surface area contributed by atoms with Crippen molar-refractivity contribution in [2.24, 2.45) is 0 Å². The lowest BCUT2D eigenvalue weighted by Crippen LogP contribution is -1.97. The Morgan fingerprint density at radius 1 is 0.284 bits per heavy atom. The van der Waals surface area contributed by atoms with E-state index in [1.807, 2.05) is 18.2 Å². The zero-order valence-electron chi connectivity index (χ0n) is 36.5. The molecule has 9 aromatic carbocycles. The minimum absolute atomic E-state index is 0.676. The minimum atomic E-state index is 0.676. The van der Waals surface area contributed by atoms with Crippen LogP contribution in [-0.4, -0.2) is 19.6 Å². The van der Waals surface area contributed by atoms with E-state index in [-0.39, 0.29) is 0 Å². The molecule has 0 fully saturated rings. The Hall–Kier alpha value is -8.99. The minimum Gasteiger partial charge on any atom is -0.231 e. The molecule has 0 aliphatic heterocycles. The molecule has 0 unspecified atom stereocenters. The van der Waals surface area contributed by atoms with Gasteiger partial charge in [0.1, 0.15) is 5.69 Å². The molecule has 0 saturated carbocycles. The quantitative estimate of drug-likeness (QED) is 0.145. The molecule has 4 heteroatoms. The smallest absolute Gasteiger partial charge is 0.160 e. The summed E-state index contributed by atoms with van der Waals surface area (Å²) in [5.41, 5.74) is 18.9. The maximum atomic E-state index is 5.46. The van der Waals surface area contributed by atoms with Gasteiger partial charge in [0.15, 0.2) is 5.82 Å². The summed E-state index contributed by atoms with van der Waals surface area (Å²) in [6.45, 7) is 0. The standard InChI is InChI=1S/C63H42N4/c1-7-20-43(21-8-1)53-37-54(44-22-9-2-10-23-44)39-55(38-53)58-42-57(64-63(65-58)48-30-17-6-18-31-48)52-33-19-32-49(36-52)50-34-35-51-41-59(45-24-11-3-12-25-45)67-62(56(51)40-50)60(46-26-13-4-14-27-46)61(66-67)47-28-15-5-16-29-47/h1-42H. The number of hydrogen-bond donors (Lipinski definition) is 0. The van der Waals surface area contributed by atoms with Crippen molar-refractivity contribution in [1.29, 1.82) is 0 Å². The summed E-state index contributed by atoms with van der Waals surface area (Å²) in [5.74, 6) is 0.676. The summed E-state index contributed by atoms with van der Waals surface area (Å²) in [6.07, 6.45) is 0. The van der Waals surface area contributed by atoms with Crippen molar-refractivity contribution in [3.63, 3.8) is 0 Å². The van der Waals surface area contributed by atoms with E-state index in [0.29, 0.717) is 5.82 Å². The number of pyridine rings is 1. The average molecular weight is 855 g/mol. The van der Waals surface area contributed by atoms with E-state index in [9.17, 15) is 0 Å². The molecule has 0 aliphatic carbocycles. The fourth-order valence-electron chi connectivity index (χ4n) is 9.29. The molecular formula is C63H42N4. The Morgan fingerprint density at radius 2 is 0.731 bits per heavy atom. The Labute approximate surface area is 389 Å². The lowest BCUT2D eigenvalue weighted by Gasteiger charge is -2.14. The van der Waals surface area contributed by atoms with E-state index in [0.717, 1.165) is 111 Å². The Balaban J connectivity index is 1.04. The first-order valence-corrected chi connectivity index (χ1v) is 22.7. The van der Waals surface area contributed by atoms with Crippen LogP contribution < -0.4 is 0 Å². The lowest BCUT2D eigenvalue weighted by atomic mass is 9.94. The van der Waals surface area contributed by atoms with Crippen LogP contribution in [0.2, 0.25) is 0 Å². The van der Waals surface area contributed by atoms with Crippen molar-refractivity contribution in [3.05, 3.63) is 255 Å². The third-order valence-electron chi connectivity index (χ3n) is 12.6. The van der Waals surface area contributed by atoms with Crippen molar-refractivity contribution in [2.75, 3.05) is 0 Å². The van der Waals surface area contributed by atoms with Crippen LogP contribution in [-0.2, 0) is 0 Å². The van der Waals surface area contributed by atoms with Crippen LogP contribution in [0.4, 0.5) is 0 Å². The SMILES string of the molecule is c1ccc(-c2cc(-c3ccccc3)cc(-c3cc(-c4cccc(-c5ccc6cc(-c7ccccc7)n7nc(-c8ccccc8)c(-c8ccccc8)c7c6c5)c4)nc(-c4ccccc4)n3)c2)cc1. The fourth-order valence-corrected chi connectivity index (χ4v) is 9.29. The highest BCUT2D eigenvalue weighted by atomic mass is 15.2. The van der Waals surface area contributed by atoms with Crippen LogP contribution in [0.3, 0.4) is 0 Å². The van der Waals surface area contributed by atoms with Crippen LogP contribution in [0.15, 0.2) is 255 Å². The van der Waals surface area contributed by atoms with Crippen LogP contribution in [0.1, 0.15) is 0 Å². The molecule has 4 nitrogen and oxygen atoms in total. The topological polar surface area (TPSA) is 43.1 Å². The number of nitrogens with zero attached hydrogens (tertiary/aromatic N) is 4. The van der Waals surface area contributed by atoms with Crippen molar-refractivity contribution in [1.82, 2.24) is 19.6 Å². The highest BCUT2D eigenvalue weighted by Crippen LogP contribution is 2.42. The van der Waals surface area contributed by atoms with Crippen LogP contribution in [0.25, 0.3) is 117 Å². The highest BCUT2D eigenvalue weighted by Gasteiger charge is 2.22. The van der Waals surface area contributed by atoms with E-state index < -0.39 is 0 Å². The van der Waals surface area contributed by atoms with Gasteiger partial charge in [-0.05, 0) is 86.8 Å². The molecule has 0 atom stereocenters. The first-order chi connectivity index (χ1) is 33.2. The maximum absolute atomic E-state index is 5.46. The molecule has 0 radical (unpaired) electrons. The van der Waals surface area contributed by atoms with Gasteiger partial charge < -0.3 is 0 Å². The molecule has 12 rings (SSSR count). The van der Waals surface area contributed by atoms with Gasteiger partial charge in [-0.15, -0.1) is 0 Å². The second-order valence-corrected chi connectivity index (χ2v) is 16.9. The van der Waals surface area contributed by atoms with E-state index in [1.165, 1.54) is 0 Å². The number of fused-ring (bicyclic) bond motifs is 3. The summed E-state index contributed by atoms with van der Waals surface area (Å²) >= 11 is 0. The van der Waals surface area contributed by atoms with Gasteiger partial charge in [0, 0.05) is 38.8 Å². The van der Waals surface area contributed by atoms with Gasteiger partial charge in [0.25, 0.3) is 0 Å². The molecule has 3 aromatic heterocycles. The first kappa shape index (κ1) is 39.6. The van der Waals surface area contributed by atoms with Crippen LogP contribution >= 0.6 is 0 Å². The second-order valence-electron chi connectivity index (χ2n) is 16.9. The van der Waals surface area contributed by atoms with E-state index in [4.69, 9.17) is 15.1 Å². The Bertz CT molecular complexity index is 3640. The van der Waals surface area contributed by atoms with Gasteiger partial charge in [-0.3, -0.25) is 0 Å². The third-order valence-corrected chi connectivity index (χ3v) is 12.6. The predicted molar refractivity (Wildman–Crippen MR) is 277 cm³/mol. The fraction of sp³-hybridized carbons (Fsp3) is 0. The normalized spacial score (nSPS) is 11.3. The zero-order valence-corrected chi connectivity index (χ0v) is 36.5. The molecule has 12 aromatic rings. The number of benzene rings is 9. The second kappa shape index (κ2) is 17.2. The maximum Gasteiger partial charge on any atom is 0.160 e. The molecule has 67 heavy (non-hydrogen) atoms. The predicted octanol–water partition coefficient (Wildman–Crippen LogP) is 16.3. The van der Waals surface area contributed by atoms with Crippen molar-refractivity contribution in [3.8, 4) is 101 Å². The molecular weight excluding hydrogens is 813 g/mol. The molecule has 0 spiro atoms. The molecule has 314 valence electrons. The van der Waals surface area contributed by atoms with Crippen molar-refractivity contribution in [2.45, 2.75) is 0 Å². The zero-order chi connectivity index (χ0) is 44.5. The third kappa shape index (κ3) is 7.67. The molecule has 0 N–H and O–H groups in total. The Morgan fingerprint density at radius 3 is 1.33 bits per heavy atom. The Kier molecular flexibility index (Phi) is 10.2.